The number of ether oxygens (including phenoxy) is 3. The van der Waals surface area contributed by atoms with Gasteiger partial charge in [-0.2, -0.15) is 5.10 Å². The van der Waals surface area contributed by atoms with Crippen LogP contribution in [-0.4, -0.2) is 79.1 Å². The van der Waals surface area contributed by atoms with Gasteiger partial charge in [0, 0.05) is 43.5 Å². The topological polar surface area (TPSA) is 69.1 Å². The number of morpholine rings is 1. The third-order valence-electron chi connectivity index (χ3n) is 6.62. The summed E-state index contributed by atoms with van der Waals surface area (Å²) in [7, 11) is 5.46. The smallest absolute Gasteiger partial charge is 0.274 e. The number of rotatable bonds is 7. The Balaban J connectivity index is 1.52. The molecule has 174 valence electrons. The van der Waals surface area contributed by atoms with Gasteiger partial charge in [0.2, 0.25) is 0 Å². The fraction of sp³-hybridized carbons (Fsp3) is 0.583. The lowest BCUT2D eigenvalue weighted by molar-refractivity contribution is 0.0297. The van der Waals surface area contributed by atoms with Gasteiger partial charge in [-0.3, -0.25) is 14.4 Å². The number of aromatic nitrogens is 2. The first kappa shape index (κ1) is 22.6. The molecular formula is C24H34N4O4. The number of aryl methyl sites for hydroxylation is 1. The summed E-state index contributed by atoms with van der Waals surface area (Å²) in [5, 5.41) is 4.74. The van der Waals surface area contributed by atoms with Crippen molar-refractivity contribution in [3.8, 4) is 11.5 Å². The van der Waals surface area contributed by atoms with Crippen molar-refractivity contribution in [1.29, 1.82) is 0 Å². The molecule has 0 saturated carbocycles. The largest absolute Gasteiger partial charge is 0.493 e. The fourth-order valence-corrected chi connectivity index (χ4v) is 4.79. The van der Waals surface area contributed by atoms with E-state index in [9.17, 15) is 4.79 Å². The highest BCUT2D eigenvalue weighted by molar-refractivity contribution is 5.94. The van der Waals surface area contributed by atoms with E-state index in [1.807, 2.05) is 21.7 Å². The highest BCUT2D eigenvalue weighted by Crippen LogP contribution is 2.31. The molecule has 0 radical (unpaired) electrons. The zero-order valence-corrected chi connectivity index (χ0v) is 19.6. The van der Waals surface area contributed by atoms with E-state index < -0.39 is 0 Å². The van der Waals surface area contributed by atoms with Crippen molar-refractivity contribution in [2.75, 3.05) is 47.6 Å². The van der Waals surface area contributed by atoms with Crippen LogP contribution in [0.5, 0.6) is 11.5 Å². The van der Waals surface area contributed by atoms with Crippen LogP contribution in [0.15, 0.2) is 18.2 Å². The number of benzene rings is 1. The van der Waals surface area contributed by atoms with Crippen LogP contribution in [-0.2, 0) is 30.7 Å². The number of nitrogens with zero attached hydrogens (tertiary/aromatic N) is 4. The Bertz CT molecular complexity index is 952. The van der Waals surface area contributed by atoms with Crippen LogP contribution in [0, 0.1) is 0 Å². The summed E-state index contributed by atoms with van der Waals surface area (Å²) in [6, 6.07) is 6.41. The van der Waals surface area contributed by atoms with Gasteiger partial charge in [0.15, 0.2) is 17.2 Å². The molecule has 1 aliphatic carbocycles. The number of carbonyl (C=O) groups is 1. The van der Waals surface area contributed by atoms with Gasteiger partial charge in [0.1, 0.15) is 0 Å². The third-order valence-corrected chi connectivity index (χ3v) is 6.62. The van der Waals surface area contributed by atoms with Crippen LogP contribution >= 0.6 is 0 Å². The highest BCUT2D eigenvalue weighted by Gasteiger charge is 2.32. The molecule has 1 fully saturated rings. The minimum absolute atomic E-state index is 0.0416. The van der Waals surface area contributed by atoms with Gasteiger partial charge < -0.3 is 19.1 Å². The predicted octanol–water partition coefficient (Wildman–Crippen LogP) is 2.38. The molecule has 1 saturated heterocycles. The molecule has 4 rings (SSSR count). The SMILES string of the molecule is CCn1nc(C(=O)N2CCOCC2)c2c1CCC(N(C)Cc1ccc(OC)c(OC)c1)C2. The van der Waals surface area contributed by atoms with E-state index in [-0.39, 0.29) is 5.91 Å². The zero-order chi connectivity index (χ0) is 22.7. The second-order valence-corrected chi connectivity index (χ2v) is 8.50. The van der Waals surface area contributed by atoms with E-state index in [0.717, 1.165) is 49.4 Å². The molecular weight excluding hydrogens is 408 g/mol. The Kier molecular flexibility index (Phi) is 7.01. The van der Waals surface area contributed by atoms with Gasteiger partial charge in [0.25, 0.3) is 5.91 Å². The lowest BCUT2D eigenvalue weighted by Gasteiger charge is -2.32. The van der Waals surface area contributed by atoms with Crippen molar-refractivity contribution < 1.29 is 19.0 Å². The molecule has 1 atom stereocenters. The Labute approximate surface area is 190 Å². The molecule has 2 aromatic rings. The molecule has 8 heteroatoms. The first-order valence-corrected chi connectivity index (χ1v) is 11.4. The van der Waals surface area contributed by atoms with Crippen LogP contribution in [0.2, 0.25) is 0 Å². The number of fused-ring (bicyclic) bond motifs is 1. The third kappa shape index (κ3) is 4.47. The zero-order valence-electron chi connectivity index (χ0n) is 19.6. The van der Waals surface area contributed by atoms with Crippen LogP contribution < -0.4 is 9.47 Å². The maximum atomic E-state index is 13.3. The molecule has 1 aromatic heterocycles. The standard InChI is InChI=1S/C24H34N4O4/c1-5-28-20-8-7-18(26(2)16-17-6-9-21(30-3)22(14-17)31-4)15-19(20)23(25-28)24(29)27-10-12-32-13-11-27/h6,9,14,18H,5,7-8,10-13,15-16H2,1-4H3. The van der Waals surface area contributed by atoms with Crippen molar-refractivity contribution in [2.24, 2.45) is 0 Å². The number of hydrogen-bond donors (Lipinski definition) is 0. The highest BCUT2D eigenvalue weighted by atomic mass is 16.5. The molecule has 32 heavy (non-hydrogen) atoms. The second kappa shape index (κ2) is 9.92. The van der Waals surface area contributed by atoms with Crippen LogP contribution in [0.3, 0.4) is 0 Å². The molecule has 0 bridgehead atoms. The summed E-state index contributed by atoms with van der Waals surface area (Å²) >= 11 is 0. The van der Waals surface area contributed by atoms with Gasteiger partial charge in [-0.15, -0.1) is 0 Å². The maximum Gasteiger partial charge on any atom is 0.274 e. The van der Waals surface area contributed by atoms with E-state index in [4.69, 9.17) is 19.3 Å². The molecule has 0 spiro atoms. The average molecular weight is 443 g/mol. The first-order valence-electron chi connectivity index (χ1n) is 11.4. The van der Waals surface area contributed by atoms with Gasteiger partial charge in [0.05, 0.1) is 27.4 Å². The van der Waals surface area contributed by atoms with Crippen molar-refractivity contribution in [2.45, 2.75) is 45.3 Å². The predicted molar refractivity (Wildman–Crippen MR) is 121 cm³/mol. The Morgan fingerprint density at radius 1 is 1.22 bits per heavy atom. The molecule has 8 nitrogen and oxygen atoms in total. The average Bonchev–Trinajstić information content (AvgIpc) is 3.22. The van der Waals surface area contributed by atoms with Gasteiger partial charge in [-0.25, -0.2) is 0 Å². The summed E-state index contributed by atoms with van der Waals surface area (Å²) in [4.78, 5) is 17.5. The van der Waals surface area contributed by atoms with Gasteiger partial charge in [-0.05, 0) is 50.9 Å². The molecule has 0 N–H and O–H groups in total. The summed E-state index contributed by atoms with van der Waals surface area (Å²) < 4.78 is 18.3. The maximum absolute atomic E-state index is 13.3. The van der Waals surface area contributed by atoms with E-state index in [2.05, 4.69) is 24.9 Å². The molecule has 1 aliphatic heterocycles. The lowest BCUT2D eigenvalue weighted by Crippen LogP contribution is -2.42. The van der Waals surface area contributed by atoms with Crippen molar-refractivity contribution in [1.82, 2.24) is 19.6 Å². The monoisotopic (exact) mass is 442 g/mol. The van der Waals surface area contributed by atoms with Crippen LogP contribution in [0.25, 0.3) is 0 Å². The first-order chi connectivity index (χ1) is 15.5. The quantitative estimate of drug-likeness (QED) is 0.656. The second-order valence-electron chi connectivity index (χ2n) is 8.50. The van der Waals surface area contributed by atoms with Crippen LogP contribution in [0.4, 0.5) is 0 Å². The van der Waals surface area contributed by atoms with E-state index in [1.165, 1.54) is 11.3 Å². The number of carbonyl (C=O) groups excluding carboxylic acids is 1. The van der Waals surface area contributed by atoms with E-state index in [0.29, 0.717) is 38.0 Å². The number of methoxy groups -OCH3 is 2. The van der Waals surface area contributed by atoms with E-state index >= 15 is 0 Å². The summed E-state index contributed by atoms with van der Waals surface area (Å²) in [5.74, 6) is 1.52. The number of hydrogen-bond acceptors (Lipinski definition) is 6. The Hall–Kier alpha value is -2.58. The van der Waals surface area contributed by atoms with Crippen molar-refractivity contribution >= 4 is 5.91 Å². The normalized spacial score (nSPS) is 18.5. The van der Waals surface area contributed by atoms with Crippen molar-refractivity contribution in [3.63, 3.8) is 0 Å². The summed E-state index contributed by atoms with van der Waals surface area (Å²) in [5.41, 5.74) is 4.15. The molecule has 1 aromatic carbocycles. The Morgan fingerprint density at radius 2 is 1.97 bits per heavy atom. The summed E-state index contributed by atoms with van der Waals surface area (Å²) in [6.07, 6.45) is 2.83. The van der Waals surface area contributed by atoms with Crippen molar-refractivity contribution in [3.05, 3.63) is 40.7 Å². The van der Waals surface area contributed by atoms with Gasteiger partial charge >= 0.3 is 0 Å². The summed E-state index contributed by atoms with van der Waals surface area (Å²) in [6.45, 7) is 6.13. The Morgan fingerprint density at radius 3 is 2.66 bits per heavy atom. The number of amides is 1. The molecule has 1 unspecified atom stereocenters. The number of likely N-dealkylation sites (N-methyl/N-ethyl adjacent to an activating group) is 1. The fourth-order valence-electron chi connectivity index (χ4n) is 4.79. The lowest BCUT2D eigenvalue weighted by atomic mass is 9.90. The minimum atomic E-state index is 0.0416. The van der Waals surface area contributed by atoms with Gasteiger partial charge in [-0.1, -0.05) is 6.07 Å². The molecule has 1 amide bonds. The van der Waals surface area contributed by atoms with Crippen LogP contribution in [0.1, 0.15) is 40.7 Å². The molecule has 2 aliphatic rings. The van der Waals surface area contributed by atoms with E-state index in [1.54, 1.807) is 14.2 Å². The molecule has 2 heterocycles. The minimum Gasteiger partial charge on any atom is -0.493 e.